The summed E-state index contributed by atoms with van der Waals surface area (Å²) in [5.74, 6) is -1.31. The predicted octanol–water partition coefficient (Wildman–Crippen LogP) is 6.32. The number of quaternary nitrogens is 1. The van der Waals surface area contributed by atoms with Gasteiger partial charge in [0.05, 0.1) is 67.0 Å². The SMILES string of the molecule is CCCCOCCOCCOCCCN1C(=O)c2ccc3c4ccc5c6c(ccc(c7ccc(c2c37)C1=O)c64)C(=O)N(CCCOCC[N+](C)(C)CCOCCOC)C5=O. The molecular formula is C47H58N3O10+. The van der Waals surface area contributed by atoms with E-state index in [0.29, 0.717) is 112 Å². The van der Waals surface area contributed by atoms with Crippen molar-refractivity contribution in [3.05, 3.63) is 70.8 Å². The average molecular weight is 825 g/mol. The van der Waals surface area contributed by atoms with Gasteiger partial charge in [0, 0.05) is 73.0 Å². The second kappa shape index (κ2) is 19.9. The fraction of sp³-hybridized carbons (Fsp3) is 0.489. The van der Waals surface area contributed by atoms with Crippen LogP contribution >= 0.6 is 0 Å². The van der Waals surface area contributed by atoms with E-state index < -0.39 is 0 Å². The highest BCUT2D eigenvalue weighted by molar-refractivity contribution is 6.41. The maximum Gasteiger partial charge on any atom is 0.261 e. The van der Waals surface area contributed by atoms with E-state index in [-0.39, 0.29) is 36.7 Å². The summed E-state index contributed by atoms with van der Waals surface area (Å²) in [4.78, 5) is 58.4. The second-order valence-corrected chi connectivity index (χ2v) is 16.2. The first-order valence-corrected chi connectivity index (χ1v) is 21.3. The maximum atomic E-state index is 14.0. The van der Waals surface area contributed by atoms with Crippen molar-refractivity contribution in [1.82, 2.24) is 9.80 Å². The van der Waals surface area contributed by atoms with E-state index in [4.69, 9.17) is 28.4 Å². The van der Waals surface area contributed by atoms with E-state index >= 15 is 0 Å². The second-order valence-electron chi connectivity index (χ2n) is 16.2. The molecule has 7 rings (SSSR count). The Balaban J connectivity index is 1.01. The van der Waals surface area contributed by atoms with Gasteiger partial charge in [-0.1, -0.05) is 37.6 Å². The number of imide groups is 2. The van der Waals surface area contributed by atoms with Crippen molar-refractivity contribution in [2.45, 2.75) is 32.6 Å². The summed E-state index contributed by atoms with van der Waals surface area (Å²) < 4.78 is 34.1. The van der Waals surface area contributed by atoms with E-state index in [0.717, 1.165) is 69.3 Å². The van der Waals surface area contributed by atoms with E-state index in [1.54, 1.807) is 31.4 Å². The Bertz CT molecular complexity index is 2220. The number of rotatable bonds is 26. The molecule has 0 spiro atoms. The number of methoxy groups -OCH3 is 1. The zero-order valence-electron chi connectivity index (χ0n) is 35.5. The molecule has 0 bridgehead atoms. The molecule has 60 heavy (non-hydrogen) atoms. The van der Waals surface area contributed by atoms with Crippen LogP contribution in [0.3, 0.4) is 0 Å². The maximum absolute atomic E-state index is 14.0. The van der Waals surface area contributed by atoms with Gasteiger partial charge in [-0.15, -0.1) is 0 Å². The van der Waals surface area contributed by atoms with Crippen molar-refractivity contribution in [3.63, 3.8) is 0 Å². The highest BCUT2D eigenvalue weighted by Crippen LogP contribution is 2.46. The third-order valence-electron chi connectivity index (χ3n) is 11.6. The van der Waals surface area contributed by atoms with Gasteiger partial charge in [-0.3, -0.25) is 29.0 Å². The Morgan fingerprint density at radius 2 is 0.767 bits per heavy atom. The summed E-state index contributed by atoms with van der Waals surface area (Å²) in [7, 11) is 5.92. The lowest BCUT2D eigenvalue weighted by Crippen LogP contribution is -2.45. The van der Waals surface area contributed by atoms with E-state index in [9.17, 15) is 19.2 Å². The van der Waals surface area contributed by atoms with Gasteiger partial charge in [0.2, 0.25) is 0 Å². The van der Waals surface area contributed by atoms with Gasteiger partial charge in [0.15, 0.2) is 0 Å². The van der Waals surface area contributed by atoms with Gasteiger partial charge < -0.3 is 32.9 Å². The smallest absolute Gasteiger partial charge is 0.261 e. The van der Waals surface area contributed by atoms with Crippen LogP contribution in [0.15, 0.2) is 48.5 Å². The quantitative estimate of drug-likeness (QED) is 0.0206. The Hall–Kier alpha value is -4.60. The molecule has 5 aromatic carbocycles. The number of nitrogens with zero attached hydrogens (tertiary/aromatic N) is 3. The molecule has 13 heteroatoms. The number of amides is 4. The Kier molecular flexibility index (Phi) is 14.4. The molecule has 0 saturated heterocycles. The van der Waals surface area contributed by atoms with Gasteiger partial charge in [0.25, 0.3) is 23.6 Å². The molecular weight excluding hydrogens is 767 g/mol. The molecule has 320 valence electrons. The molecule has 5 aromatic rings. The lowest BCUT2D eigenvalue weighted by atomic mass is 9.82. The standard InChI is InChI=1S/C47H58N3O10/c1-5-6-21-57-28-30-60-31-29-58-23-8-18-49-46(53)38-15-11-34-32-9-13-36-42-37(14-10-33(40(32)42)35-12-16-39(47(49)54)43(38)41(34)35)45(52)48(44(36)51)17-7-22-56-24-19-50(2,3)20-25-59-27-26-55-4/h9-16H,5-8,17-31H2,1-4H3/q+1. The van der Waals surface area contributed by atoms with Crippen molar-refractivity contribution in [1.29, 1.82) is 0 Å². The van der Waals surface area contributed by atoms with E-state index in [2.05, 4.69) is 21.0 Å². The largest absolute Gasteiger partial charge is 0.382 e. The normalized spacial score (nSPS) is 14.4. The highest BCUT2D eigenvalue weighted by Gasteiger charge is 2.36. The summed E-state index contributed by atoms with van der Waals surface area (Å²) >= 11 is 0. The molecule has 2 heterocycles. The third kappa shape index (κ3) is 9.03. The minimum absolute atomic E-state index is 0.234. The van der Waals surface area contributed by atoms with Gasteiger partial charge in [-0.25, -0.2) is 0 Å². The van der Waals surface area contributed by atoms with Crippen molar-refractivity contribution in [3.8, 4) is 0 Å². The number of hydrogen-bond donors (Lipinski definition) is 0. The Morgan fingerprint density at radius 3 is 1.15 bits per heavy atom. The zero-order chi connectivity index (χ0) is 42.2. The molecule has 0 unspecified atom stereocenters. The van der Waals surface area contributed by atoms with Gasteiger partial charge in [0.1, 0.15) is 13.1 Å². The summed E-state index contributed by atoms with van der Waals surface area (Å²) in [5.41, 5.74) is 1.92. The van der Waals surface area contributed by atoms with Crippen LogP contribution in [0.1, 0.15) is 74.0 Å². The Labute approximate surface area is 351 Å². The van der Waals surface area contributed by atoms with Crippen molar-refractivity contribution in [2.75, 3.05) is 120 Å². The van der Waals surface area contributed by atoms with E-state index in [1.807, 2.05) is 24.3 Å². The minimum atomic E-state index is -0.331. The first kappa shape index (κ1) is 43.5. The van der Waals surface area contributed by atoms with Crippen LogP contribution in [-0.4, -0.2) is 158 Å². The summed E-state index contributed by atoms with van der Waals surface area (Å²) in [5, 5.41) is 6.38. The van der Waals surface area contributed by atoms with Crippen LogP contribution < -0.4 is 0 Å². The average Bonchev–Trinajstić information content (AvgIpc) is 3.24. The highest BCUT2D eigenvalue weighted by atomic mass is 16.5. The number of carbonyl (C=O) groups excluding carboxylic acids is 4. The molecule has 0 atom stereocenters. The first-order chi connectivity index (χ1) is 29.2. The van der Waals surface area contributed by atoms with Crippen molar-refractivity contribution < 1.29 is 52.1 Å². The van der Waals surface area contributed by atoms with Crippen LogP contribution in [0, 0.1) is 0 Å². The number of carbonyl (C=O) groups is 4. The van der Waals surface area contributed by atoms with Crippen molar-refractivity contribution >= 4 is 66.7 Å². The number of fused-ring (bicyclic) bond motifs is 2. The zero-order valence-corrected chi connectivity index (χ0v) is 35.5. The molecule has 0 saturated carbocycles. The monoisotopic (exact) mass is 824 g/mol. The summed E-state index contributed by atoms with van der Waals surface area (Å²) in [6.45, 7) is 10.1. The fourth-order valence-electron chi connectivity index (χ4n) is 8.29. The van der Waals surface area contributed by atoms with Crippen LogP contribution in [0.25, 0.3) is 43.1 Å². The lowest BCUT2D eigenvalue weighted by molar-refractivity contribution is -0.891. The molecule has 0 N–H and O–H groups in total. The van der Waals surface area contributed by atoms with Crippen LogP contribution in [-0.2, 0) is 28.4 Å². The molecule has 2 aliphatic heterocycles. The molecule has 2 aliphatic rings. The van der Waals surface area contributed by atoms with Gasteiger partial charge in [-0.05, 0) is 75.8 Å². The molecule has 0 fully saturated rings. The molecule has 0 aliphatic carbocycles. The van der Waals surface area contributed by atoms with Crippen LogP contribution in [0.4, 0.5) is 0 Å². The number of likely N-dealkylation sites (N-methyl/N-ethyl adjacent to an activating group) is 1. The van der Waals surface area contributed by atoms with Crippen LogP contribution in [0.5, 0.6) is 0 Å². The third-order valence-corrected chi connectivity index (χ3v) is 11.6. The fourth-order valence-corrected chi connectivity index (χ4v) is 8.29. The van der Waals surface area contributed by atoms with Crippen molar-refractivity contribution in [2.24, 2.45) is 0 Å². The van der Waals surface area contributed by atoms with Gasteiger partial charge >= 0.3 is 0 Å². The number of benzene rings is 5. The predicted molar refractivity (Wildman–Crippen MR) is 230 cm³/mol. The van der Waals surface area contributed by atoms with Gasteiger partial charge in [-0.2, -0.15) is 0 Å². The Morgan fingerprint density at radius 1 is 0.433 bits per heavy atom. The number of unbranched alkanes of at least 4 members (excludes halogenated alkanes) is 1. The number of ether oxygens (including phenoxy) is 6. The molecule has 0 aromatic heterocycles. The minimum Gasteiger partial charge on any atom is -0.382 e. The number of hydrogen-bond acceptors (Lipinski definition) is 10. The molecule has 13 nitrogen and oxygen atoms in total. The molecule has 0 radical (unpaired) electrons. The van der Waals surface area contributed by atoms with Crippen LogP contribution in [0.2, 0.25) is 0 Å². The lowest BCUT2D eigenvalue weighted by Gasteiger charge is -2.30. The topological polar surface area (TPSA) is 130 Å². The molecule has 4 amide bonds. The van der Waals surface area contributed by atoms with E-state index in [1.165, 1.54) is 9.80 Å². The summed E-state index contributed by atoms with van der Waals surface area (Å²) in [6.07, 6.45) is 3.16. The first-order valence-electron chi connectivity index (χ1n) is 21.3. The summed E-state index contributed by atoms with van der Waals surface area (Å²) in [6, 6.07) is 14.9.